The molecular formula is C27H32N4O3. The van der Waals surface area contributed by atoms with Gasteiger partial charge in [0.05, 0.1) is 12.1 Å². The summed E-state index contributed by atoms with van der Waals surface area (Å²) in [5.74, 6) is 1.69. The monoisotopic (exact) mass is 460 g/mol. The summed E-state index contributed by atoms with van der Waals surface area (Å²) in [6.45, 7) is 9.55. The third-order valence-corrected chi connectivity index (χ3v) is 6.24. The maximum atomic E-state index is 13.9. The standard InChI is InChI=1S/C27H32N4O3/c1-19(2)34-24-11-9-22(10-12-24)26-18-30(21(4)32)15-16-31(26)27(33)25-8-6-5-7-23(25)17-29-14-13-28-20(29)3/h5-14,19,26H,15-18H2,1-4H3/t26-/m1/s1. The molecule has 0 N–H and O–H groups in total. The summed E-state index contributed by atoms with van der Waals surface area (Å²) >= 11 is 0. The Kier molecular flexibility index (Phi) is 7.01. The summed E-state index contributed by atoms with van der Waals surface area (Å²) in [6.07, 6.45) is 3.78. The molecule has 2 amide bonds. The van der Waals surface area contributed by atoms with Crippen LogP contribution in [0.15, 0.2) is 60.9 Å². The molecular weight excluding hydrogens is 428 g/mol. The predicted octanol–water partition coefficient (Wildman–Crippen LogP) is 4.07. The molecule has 1 aliphatic heterocycles. The maximum absolute atomic E-state index is 13.9. The Hall–Kier alpha value is -3.61. The van der Waals surface area contributed by atoms with Gasteiger partial charge in [-0.25, -0.2) is 4.98 Å². The van der Waals surface area contributed by atoms with E-state index < -0.39 is 0 Å². The molecule has 1 saturated heterocycles. The summed E-state index contributed by atoms with van der Waals surface area (Å²) in [4.78, 5) is 34.0. The molecule has 0 radical (unpaired) electrons. The molecule has 3 aromatic rings. The SMILES string of the molecule is CC(=O)N1CCN(C(=O)c2ccccc2Cn2ccnc2C)[C@@H](c2ccc(OC(C)C)cc2)C1. The minimum atomic E-state index is -0.235. The lowest BCUT2D eigenvalue weighted by Crippen LogP contribution is -2.52. The Balaban J connectivity index is 1.64. The summed E-state index contributed by atoms with van der Waals surface area (Å²) in [7, 11) is 0. The topological polar surface area (TPSA) is 67.7 Å². The van der Waals surface area contributed by atoms with Crippen LogP contribution in [0.5, 0.6) is 5.75 Å². The number of aromatic nitrogens is 2. The van der Waals surface area contributed by atoms with Crippen LogP contribution < -0.4 is 4.74 Å². The number of imidazole rings is 1. The van der Waals surface area contributed by atoms with Gasteiger partial charge in [-0.2, -0.15) is 0 Å². The molecule has 1 aromatic heterocycles. The minimum Gasteiger partial charge on any atom is -0.491 e. The van der Waals surface area contributed by atoms with Crippen molar-refractivity contribution in [3.8, 4) is 5.75 Å². The molecule has 178 valence electrons. The molecule has 0 unspecified atom stereocenters. The fourth-order valence-corrected chi connectivity index (χ4v) is 4.41. The molecule has 1 aliphatic rings. The van der Waals surface area contributed by atoms with Gasteiger partial charge in [0.2, 0.25) is 5.91 Å². The highest BCUT2D eigenvalue weighted by Crippen LogP contribution is 2.30. The number of ether oxygens (including phenoxy) is 1. The Labute approximate surface area is 201 Å². The maximum Gasteiger partial charge on any atom is 0.254 e. The second-order valence-electron chi connectivity index (χ2n) is 8.97. The van der Waals surface area contributed by atoms with Crippen molar-refractivity contribution in [2.75, 3.05) is 19.6 Å². The van der Waals surface area contributed by atoms with Crippen molar-refractivity contribution < 1.29 is 14.3 Å². The molecule has 2 heterocycles. The summed E-state index contributed by atoms with van der Waals surface area (Å²) < 4.78 is 7.81. The van der Waals surface area contributed by atoms with Crippen LogP contribution in [0.3, 0.4) is 0 Å². The lowest BCUT2D eigenvalue weighted by molar-refractivity contribution is -0.131. The number of amides is 2. The first-order valence-electron chi connectivity index (χ1n) is 11.7. The molecule has 1 fully saturated rings. The number of hydrogen-bond donors (Lipinski definition) is 0. The van der Waals surface area contributed by atoms with E-state index >= 15 is 0 Å². The van der Waals surface area contributed by atoms with Gasteiger partial charge in [-0.1, -0.05) is 30.3 Å². The van der Waals surface area contributed by atoms with E-state index in [9.17, 15) is 9.59 Å². The first-order valence-corrected chi connectivity index (χ1v) is 11.7. The highest BCUT2D eigenvalue weighted by Gasteiger charge is 2.33. The zero-order valence-corrected chi connectivity index (χ0v) is 20.3. The molecule has 7 nitrogen and oxygen atoms in total. The van der Waals surface area contributed by atoms with Crippen molar-refractivity contribution in [2.45, 2.75) is 46.4 Å². The molecule has 34 heavy (non-hydrogen) atoms. The predicted molar refractivity (Wildman–Crippen MR) is 131 cm³/mol. The lowest BCUT2D eigenvalue weighted by atomic mass is 9.99. The number of hydrogen-bond acceptors (Lipinski definition) is 4. The average molecular weight is 461 g/mol. The Bertz CT molecular complexity index is 1150. The molecule has 0 spiro atoms. The summed E-state index contributed by atoms with van der Waals surface area (Å²) in [5, 5.41) is 0. The molecule has 4 rings (SSSR count). The van der Waals surface area contributed by atoms with Crippen LogP contribution in [0.4, 0.5) is 0 Å². The fraction of sp³-hybridized carbons (Fsp3) is 0.370. The molecule has 0 aliphatic carbocycles. The Morgan fingerprint density at radius 2 is 1.82 bits per heavy atom. The van der Waals surface area contributed by atoms with E-state index in [2.05, 4.69) is 4.98 Å². The zero-order chi connectivity index (χ0) is 24.2. The van der Waals surface area contributed by atoms with Crippen LogP contribution >= 0.6 is 0 Å². The first kappa shape index (κ1) is 23.5. The number of carbonyl (C=O) groups is 2. The van der Waals surface area contributed by atoms with E-state index in [1.165, 1.54) is 0 Å². The number of carbonyl (C=O) groups excluding carboxylic acids is 2. The van der Waals surface area contributed by atoms with Crippen molar-refractivity contribution >= 4 is 11.8 Å². The molecule has 0 saturated carbocycles. The van der Waals surface area contributed by atoms with Gasteiger partial charge in [0.15, 0.2) is 0 Å². The average Bonchev–Trinajstić information content (AvgIpc) is 3.23. The quantitative estimate of drug-likeness (QED) is 0.556. The van der Waals surface area contributed by atoms with Gasteiger partial charge in [-0.3, -0.25) is 9.59 Å². The van der Waals surface area contributed by atoms with Crippen molar-refractivity contribution in [1.29, 1.82) is 0 Å². The fourth-order valence-electron chi connectivity index (χ4n) is 4.41. The van der Waals surface area contributed by atoms with Crippen LogP contribution in [0, 0.1) is 6.92 Å². The number of nitrogens with zero attached hydrogens (tertiary/aromatic N) is 4. The van der Waals surface area contributed by atoms with Gasteiger partial charge in [0, 0.05) is 51.1 Å². The van der Waals surface area contributed by atoms with E-state index in [0.717, 1.165) is 22.7 Å². The lowest BCUT2D eigenvalue weighted by Gasteiger charge is -2.41. The number of rotatable bonds is 6. The smallest absolute Gasteiger partial charge is 0.254 e. The summed E-state index contributed by atoms with van der Waals surface area (Å²) in [5.41, 5.74) is 2.61. The normalized spacial score (nSPS) is 16.1. The van der Waals surface area contributed by atoms with Crippen molar-refractivity contribution in [3.63, 3.8) is 0 Å². The molecule has 1 atom stereocenters. The third kappa shape index (κ3) is 5.14. The van der Waals surface area contributed by atoms with Gasteiger partial charge >= 0.3 is 0 Å². The third-order valence-electron chi connectivity index (χ3n) is 6.24. The number of aryl methyl sites for hydroxylation is 1. The minimum absolute atomic E-state index is 0.0212. The Morgan fingerprint density at radius 1 is 1.09 bits per heavy atom. The van der Waals surface area contributed by atoms with E-state index in [0.29, 0.717) is 31.7 Å². The Morgan fingerprint density at radius 3 is 2.47 bits per heavy atom. The second-order valence-corrected chi connectivity index (χ2v) is 8.97. The van der Waals surface area contributed by atoms with Crippen LogP contribution in [0.25, 0.3) is 0 Å². The van der Waals surface area contributed by atoms with Crippen LogP contribution in [-0.4, -0.2) is 56.9 Å². The van der Waals surface area contributed by atoms with E-state index in [1.807, 2.05) is 89.9 Å². The van der Waals surface area contributed by atoms with Gasteiger partial charge in [-0.05, 0) is 50.1 Å². The van der Waals surface area contributed by atoms with Crippen LogP contribution in [0.2, 0.25) is 0 Å². The van der Waals surface area contributed by atoms with Crippen molar-refractivity contribution in [2.24, 2.45) is 0 Å². The van der Waals surface area contributed by atoms with Crippen LogP contribution in [0.1, 0.15) is 54.1 Å². The first-order chi connectivity index (χ1) is 16.3. The van der Waals surface area contributed by atoms with E-state index in [4.69, 9.17) is 4.74 Å². The van der Waals surface area contributed by atoms with E-state index in [1.54, 1.807) is 13.1 Å². The highest BCUT2D eigenvalue weighted by atomic mass is 16.5. The van der Waals surface area contributed by atoms with Gasteiger partial charge in [0.1, 0.15) is 11.6 Å². The van der Waals surface area contributed by atoms with Gasteiger partial charge in [0.25, 0.3) is 5.91 Å². The largest absolute Gasteiger partial charge is 0.491 e. The molecule has 0 bridgehead atoms. The number of piperazine rings is 1. The highest BCUT2D eigenvalue weighted by molar-refractivity contribution is 5.96. The van der Waals surface area contributed by atoms with Crippen LogP contribution in [-0.2, 0) is 11.3 Å². The molecule has 7 heteroatoms. The summed E-state index contributed by atoms with van der Waals surface area (Å²) in [6, 6.07) is 15.3. The second kappa shape index (κ2) is 10.1. The number of benzene rings is 2. The van der Waals surface area contributed by atoms with Crippen molar-refractivity contribution in [3.05, 3.63) is 83.4 Å². The molecule has 2 aromatic carbocycles. The van der Waals surface area contributed by atoms with Gasteiger partial charge in [-0.15, -0.1) is 0 Å². The van der Waals surface area contributed by atoms with Crippen molar-refractivity contribution in [1.82, 2.24) is 19.4 Å². The van der Waals surface area contributed by atoms with Gasteiger partial charge < -0.3 is 19.1 Å². The zero-order valence-electron chi connectivity index (χ0n) is 20.3. The van der Waals surface area contributed by atoms with E-state index in [-0.39, 0.29) is 24.0 Å².